The first-order valence-electron chi connectivity index (χ1n) is 9.04. The monoisotopic (exact) mass is 351 g/mol. The Bertz CT molecular complexity index is 917. The van der Waals surface area contributed by atoms with Crippen molar-refractivity contribution in [2.45, 2.75) is 25.8 Å². The van der Waals surface area contributed by atoms with Crippen molar-refractivity contribution in [2.24, 2.45) is 0 Å². The molecule has 0 spiro atoms. The third-order valence-corrected chi connectivity index (χ3v) is 5.10. The molecule has 0 aliphatic carbocycles. The van der Waals surface area contributed by atoms with Crippen LogP contribution in [0.3, 0.4) is 0 Å². The molecule has 1 fully saturated rings. The van der Waals surface area contributed by atoms with Crippen LogP contribution in [0.5, 0.6) is 0 Å². The van der Waals surface area contributed by atoms with Crippen molar-refractivity contribution in [1.82, 2.24) is 24.3 Å². The number of hydrogen-bond acceptors (Lipinski definition) is 6. The number of nitrogen functional groups attached to an aromatic ring is 1. The Labute approximate surface area is 153 Å². The van der Waals surface area contributed by atoms with Gasteiger partial charge in [0, 0.05) is 31.9 Å². The summed E-state index contributed by atoms with van der Waals surface area (Å²) in [5, 5.41) is 0. The summed E-state index contributed by atoms with van der Waals surface area (Å²) in [6.45, 7) is 6.95. The fourth-order valence-corrected chi connectivity index (χ4v) is 3.53. The smallest absolute Gasteiger partial charge is 0.222 e. The number of pyridine rings is 1. The van der Waals surface area contributed by atoms with Gasteiger partial charge in [-0.2, -0.15) is 4.98 Å². The lowest BCUT2D eigenvalue weighted by Crippen LogP contribution is -2.47. The van der Waals surface area contributed by atoms with Crippen molar-refractivity contribution < 1.29 is 0 Å². The summed E-state index contributed by atoms with van der Waals surface area (Å²) < 4.78 is 2.17. The molecule has 0 amide bonds. The topological polar surface area (TPSA) is 75.6 Å². The summed E-state index contributed by atoms with van der Waals surface area (Å²) in [6.07, 6.45) is 4.05. The predicted molar refractivity (Wildman–Crippen MR) is 103 cm³/mol. The normalized spacial score (nSPS) is 18.8. The number of anilines is 2. The van der Waals surface area contributed by atoms with Crippen LogP contribution in [0.4, 0.5) is 11.8 Å². The molecule has 136 valence electrons. The fourth-order valence-electron chi connectivity index (χ4n) is 3.53. The maximum Gasteiger partial charge on any atom is 0.222 e. The summed E-state index contributed by atoms with van der Waals surface area (Å²) in [4.78, 5) is 18.1. The van der Waals surface area contributed by atoms with E-state index in [1.807, 2.05) is 24.4 Å². The van der Waals surface area contributed by atoms with Crippen LogP contribution in [0.2, 0.25) is 0 Å². The summed E-state index contributed by atoms with van der Waals surface area (Å²) in [6, 6.07) is 8.39. The van der Waals surface area contributed by atoms with E-state index in [0.29, 0.717) is 11.9 Å². The van der Waals surface area contributed by atoms with Gasteiger partial charge in [-0.3, -0.25) is 4.90 Å². The number of rotatable bonds is 3. The molecule has 26 heavy (non-hydrogen) atoms. The van der Waals surface area contributed by atoms with E-state index in [1.54, 1.807) is 0 Å². The highest BCUT2D eigenvalue weighted by Crippen LogP contribution is 2.28. The first-order chi connectivity index (χ1) is 12.5. The average Bonchev–Trinajstić information content (AvgIpc) is 3.05. The largest absolute Gasteiger partial charge is 0.368 e. The molecule has 1 aliphatic rings. The minimum atomic E-state index is 0.236. The highest BCUT2D eigenvalue weighted by Gasteiger charge is 2.29. The van der Waals surface area contributed by atoms with Gasteiger partial charge in [0.1, 0.15) is 11.5 Å². The zero-order valence-electron chi connectivity index (χ0n) is 15.5. The molecule has 0 aromatic carbocycles. The molecule has 3 aromatic rings. The van der Waals surface area contributed by atoms with Crippen LogP contribution >= 0.6 is 0 Å². The molecule has 4 rings (SSSR count). The van der Waals surface area contributed by atoms with E-state index in [-0.39, 0.29) is 6.04 Å². The maximum absolute atomic E-state index is 5.96. The quantitative estimate of drug-likeness (QED) is 0.780. The van der Waals surface area contributed by atoms with Crippen LogP contribution in [0.1, 0.15) is 37.2 Å². The maximum atomic E-state index is 5.96. The zero-order valence-corrected chi connectivity index (χ0v) is 15.5. The lowest BCUT2D eigenvalue weighted by Gasteiger charge is -2.40. The third-order valence-electron chi connectivity index (χ3n) is 5.10. The van der Waals surface area contributed by atoms with Crippen LogP contribution in [0.15, 0.2) is 36.7 Å². The minimum Gasteiger partial charge on any atom is -0.368 e. The molecule has 7 nitrogen and oxygen atoms in total. The van der Waals surface area contributed by atoms with Crippen LogP contribution in [-0.2, 0) is 0 Å². The van der Waals surface area contributed by atoms with Gasteiger partial charge in [-0.15, -0.1) is 0 Å². The van der Waals surface area contributed by atoms with Crippen molar-refractivity contribution in [2.75, 3.05) is 37.3 Å². The molecule has 1 aliphatic heterocycles. The van der Waals surface area contributed by atoms with Gasteiger partial charge in [0.25, 0.3) is 0 Å². The molecule has 1 saturated heterocycles. The van der Waals surface area contributed by atoms with Gasteiger partial charge in [-0.05, 0) is 25.1 Å². The van der Waals surface area contributed by atoms with E-state index in [0.717, 1.165) is 36.8 Å². The van der Waals surface area contributed by atoms with Crippen LogP contribution in [0, 0.1) is 0 Å². The number of piperazine rings is 1. The Morgan fingerprint density at radius 3 is 2.85 bits per heavy atom. The Kier molecular flexibility index (Phi) is 4.24. The molecular weight excluding hydrogens is 326 g/mol. The van der Waals surface area contributed by atoms with Gasteiger partial charge in [0.05, 0.1) is 23.6 Å². The average molecular weight is 351 g/mol. The van der Waals surface area contributed by atoms with Gasteiger partial charge in [0.15, 0.2) is 0 Å². The van der Waals surface area contributed by atoms with Crippen molar-refractivity contribution in [3.63, 3.8) is 0 Å². The highest BCUT2D eigenvalue weighted by atomic mass is 15.3. The van der Waals surface area contributed by atoms with Crippen molar-refractivity contribution in [3.8, 4) is 0 Å². The summed E-state index contributed by atoms with van der Waals surface area (Å²) >= 11 is 0. The van der Waals surface area contributed by atoms with Gasteiger partial charge >= 0.3 is 0 Å². The number of likely N-dealkylation sites (N-methyl/N-ethyl adjacent to an activating group) is 1. The van der Waals surface area contributed by atoms with Gasteiger partial charge in [-0.1, -0.05) is 19.9 Å². The standard InChI is InChI=1S/C19H25N7/c1-13(2)14-10-18(23-19(20)22-14)25-9-8-24(3)16(12-25)15-11-21-17-6-4-5-7-26(15)17/h4-7,10-11,13,16H,8-9,12H2,1-3H3,(H2,20,22,23)/t16-/m1/s1. The number of fused-ring (bicyclic) bond motifs is 1. The summed E-state index contributed by atoms with van der Waals surface area (Å²) in [5.74, 6) is 1.57. The van der Waals surface area contributed by atoms with Crippen molar-refractivity contribution >= 4 is 17.4 Å². The van der Waals surface area contributed by atoms with E-state index in [2.05, 4.69) is 62.3 Å². The molecule has 0 bridgehead atoms. The van der Waals surface area contributed by atoms with Crippen LogP contribution in [0.25, 0.3) is 5.65 Å². The Balaban J connectivity index is 1.67. The third kappa shape index (κ3) is 2.99. The molecule has 0 radical (unpaired) electrons. The predicted octanol–water partition coefficient (Wildman–Crippen LogP) is 2.32. The summed E-state index contributed by atoms with van der Waals surface area (Å²) in [5.41, 5.74) is 9.11. The Morgan fingerprint density at radius 2 is 2.04 bits per heavy atom. The second-order valence-electron chi connectivity index (χ2n) is 7.22. The molecule has 2 N–H and O–H groups in total. The van der Waals surface area contributed by atoms with E-state index in [4.69, 9.17) is 5.73 Å². The number of nitrogens with two attached hydrogens (primary N) is 1. The lowest BCUT2D eigenvalue weighted by molar-refractivity contribution is 0.215. The second kappa shape index (κ2) is 6.57. The lowest BCUT2D eigenvalue weighted by atomic mass is 10.1. The highest BCUT2D eigenvalue weighted by molar-refractivity contribution is 5.46. The minimum absolute atomic E-state index is 0.236. The molecule has 1 atom stereocenters. The van der Waals surface area contributed by atoms with E-state index >= 15 is 0 Å². The number of imidazole rings is 1. The van der Waals surface area contributed by atoms with Gasteiger partial charge in [0.2, 0.25) is 5.95 Å². The van der Waals surface area contributed by atoms with E-state index in [1.165, 1.54) is 5.69 Å². The first-order valence-corrected chi connectivity index (χ1v) is 9.04. The van der Waals surface area contributed by atoms with Gasteiger partial charge < -0.3 is 15.0 Å². The van der Waals surface area contributed by atoms with Crippen molar-refractivity contribution in [1.29, 1.82) is 0 Å². The Morgan fingerprint density at radius 1 is 1.19 bits per heavy atom. The Hall–Kier alpha value is -2.67. The molecule has 0 unspecified atom stereocenters. The first kappa shape index (κ1) is 16.8. The molecule has 7 heteroatoms. The number of hydrogen-bond donors (Lipinski definition) is 1. The molecule has 4 heterocycles. The molecular formula is C19H25N7. The van der Waals surface area contributed by atoms with Crippen LogP contribution in [-0.4, -0.2) is 50.9 Å². The fraction of sp³-hybridized carbons (Fsp3) is 0.421. The second-order valence-corrected chi connectivity index (χ2v) is 7.22. The molecule has 3 aromatic heterocycles. The van der Waals surface area contributed by atoms with Gasteiger partial charge in [-0.25, -0.2) is 9.97 Å². The van der Waals surface area contributed by atoms with Crippen molar-refractivity contribution in [3.05, 3.63) is 48.0 Å². The SMILES string of the molecule is CC(C)c1cc(N2CCN(C)[C@@H](c3cnc4ccccn34)C2)nc(N)n1. The van der Waals surface area contributed by atoms with E-state index < -0.39 is 0 Å². The van der Waals surface area contributed by atoms with E-state index in [9.17, 15) is 0 Å². The van der Waals surface area contributed by atoms with Crippen LogP contribution < -0.4 is 10.6 Å². The molecule has 0 saturated carbocycles. The number of aromatic nitrogens is 4. The number of nitrogens with zero attached hydrogens (tertiary/aromatic N) is 6. The zero-order chi connectivity index (χ0) is 18.3. The summed E-state index contributed by atoms with van der Waals surface area (Å²) in [7, 11) is 2.16.